The number of methoxy groups -OCH3 is 1. The molecule has 2 atom stereocenters. The second kappa shape index (κ2) is 8.28. The van der Waals surface area contributed by atoms with E-state index in [-0.39, 0.29) is 19.1 Å². The summed E-state index contributed by atoms with van der Waals surface area (Å²) < 4.78 is 11.8. The summed E-state index contributed by atoms with van der Waals surface area (Å²) in [4.78, 5) is 27.1. The third-order valence-corrected chi connectivity index (χ3v) is 6.12. The highest BCUT2D eigenvalue weighted by molar-refractivity contribution is 9.10. The Hall–Kier alpha value is -2.58. The molecule has 1 spiro atoms. The number of imide groups is 1. The molecule has 0 radical (unpaired) electrons. The van der Waals surface area contributed by atoms with Gasteiger partial charge in [-0.1, -0.05) is 22.0 Å². The van der Waals surface area contributed by atoms with Crippen LogP contribution >= 0.6 is 15.9 Å². The smallest absolute Gasteiger partial charge is 0.325 e. The number of hydrogen-bond donors (Lipinski definition) is 2. The summed E-state index contributed by atoms with van der Waals surface area (Å²) in [5.74, 6) is 0.988. The number of benzene rings is 2. The Morgan fingerprint density at radius 2 is 1.93 bits per heavy atom. The Morgan fingerprint density at radius 3 is 2.67 bits per heavy atom. The van der Waals surface area contributed by atoms with Crippen molar-refractivity contribution in [3.63, 3.8) is 0 Å². The molecule has 7 nitrogen and oxygen atoms in total. The average molecular weight is 475 g/mol. The minimum atomic E-state index is -1.08. The lowest BCUT2D eigenvalue weighted by Gasteiger charge is -2.33. The normalized spacial score (nSPS) is 21.4. The number of amides is 3. The highest BCUT2D eigenvalue weighted by atomic mass is 79.9. The van der Waals surface area contributed by atoms with Crippen molar-refractivity contribution in [1.82, 2.24) is 10.2 Å². The second-order valence-electron chi connectivity index (χ2n) is 7.55. The first-order valence-corrected chi connectivity index (χ1v) is 10.6. The summed E-state index contributed by atoms with van der Waals surface area (Å²) in [5, 5.41) is 13.3. The number of rotatable bonds is 6. The van der Waals surface area contributed by atoms with Gasteiger partial charge in [-0.15, -0.1) is 0 Å². The van der Waals surface area contributed by atoms with E-state index < -0.39 is 17.7 Å². The number of aliphatic hydroxyl groups is 1. The van der Waals surface area contributed by atoms with E-state index >= 15 is 0 Å². The summed E-state index contributed by atoms with van der Waals surface area (Å²) in [5.41, 5.74) is 0.717. The van der Waals surface area contributed by atoms with Crippen LogP contribution in [-0.4, -0.2) is 48.3 Å². The van der Waals surface area contributed by atoms with Crippen molar-refractivity contribution in [1.29, 1.82) is 0 Å². The van der Waals surface area contributed by atoms with Crippen LogP contribution in [-0.2, 0) is 16.8 Å². The molecule has 1 aliphatic carbocycles. The predicted octanol–water partition coefficient (Wildman–Crippen LogP) is 2.98. The molecule has 2 aromatic rings. The summed E-state index contributed by atoms with van der Waals surface area (Å²) in [6.07, 6.45) is 1.12. The van der Waals surface area contributed by atoms with Gasteiger partial charge in [0.05, 0.1) is 13.7 Å². The van der Waals surface area contributed by atoms with Crippen LogP contribution in [0.15, 0.2) is 46.9 Å². The van der Waals surface area contributed by atoms with Crippen molar-refractivity contribution < 1.29 is 24.2 Å². The molecule has 0 aromatic heterocycles. The van der Waals surface area contributed by atoms with Crippen LogP contribution in [0.1, 0.15) is 24.0 Å². The van der Waals surface area contributed by atoms with E-state index in [0.29, 0.717) is 12.2 Å². The number of nitrogens with one attached hydrogen (secondary N) is 1. The zero-order chi connectivity index (χ0) is 21.3. The van der Waals surface area contributed by atoms with E-state index in [9.17, 15) is 14.7 Å². The molecule has 1 heterocycles. The summed E-state index contributed by atoms with van der Waals surface area (Å²) in [6.45, 7) is -0.159. The van der Waals surface area contributed by atoms with E-state index in [1.54, 1.807) is 25.3 Å². The minimum absolute atomic E-state index is 0.0283. The number of ether oxygens (including phenoxy) is 2. The third kappa shape index (κ3) is 3.77. The van der Waals surface area contributed by atoms with Gasteiger partial charge in [0, 0.05) is 4.47 Å². The van der Waals surface area contributed by atoms with E-state index in [0.717, 1.165) is 39.1 Å². The maximum Gasteiger partial charge on any atom is 0.325 e. The highest BCUT2D eigenvalue weighted by Crippen LogP contribution is 2.41. The maximum absolute atomic E-state index is 13.3. The van der Waals surface area contributed by atoms with Crippen molar-refractivity contribution in [2.24, 2.45) is 0 Å². The van der Waals surface area contributed by atoms with Crippen molar-refractivity contribution in [2.75, 3.05) is 20.3 Å². The number of carbonyl (C=O) groups excluding carboxylic acids is 2. The van der Waals surface area contributed by atoms with Gasteiger partial charge >= 0.3 is 6.03 Å². The van der Waals surface area contributed by atoms with Crippen LogP contribution in [0.25, 0.3) is 0 Å². The SMILES string of the molecule is COc1ccc2c(c1)CCC[C@@]21NC(=O)N(C[C@H](O)COc2ccc(Br)cc2)C1=O. The molecule has 4 rings (SSSR count). The van der Waals surface area contributed by atoms with Crippen molar-refractivity contribution >= 4 is 27.9 Å². The van der Waals surface area contributed by atoms with Crippen LogP contribution in [0, 0.1) is 0 Å². The van der Waals surface area contributed by atoms with Gasteiger partial charge in [-0.3, -0.25) is 9.69 Å². The summed E-state index contributed by atoms with van der Waals surface area (Å²) >= 11 is 3.35. The molecule has 2 aliphatic rings. The monoisotopic (exact) mass is 474 g/mol. The topological polar surface area (TPSA) is 88.1 Å². The number of fused-ring (bicyclic) bond motifs is 2. The van der Waals surface area contributed by atoms with Gasteiger partial charge in [-0.05, 0) is 66.8 Å². The van der Waals surface area contributed by atoms with Gasteiger partial charge in [0.25, 0.3) is 5.91 Å². The fourth-order valence-corrected chi connectivity index (χ4v) is 4.39. The third-order valence-electron chi connectivity index (χ3n) is 5.60. The summed E-state index contributed by atoms with van der Waals surface area (Å²) in [6, 6.07) is 12.3. The van der Waals surface area contributed by atoms with E-state index in [1.807, 2.05) is 24.3 Å². The van der Waals surface area contributed by atoms with Crippen LogP contribution in [0.4, 0.5) is 4.79 Å². The Morgan fingerprint density at radius 1 is 1.20 bits per heavy atom. The number of aryl methyl sites for hydroxylation is 1. The van der Waals surface area contributed by atoms with Crippen molar-refractivity contribution in [3.05, 3.63) is 58.1 Å². The Balaban J connectivity index is 1.47. The van der Waals surface area contributed by atoms with Crippen molar-refractivity contribution in [2.45, 2.75) is 30.9 Å². The number of carbonyl (C=O) groups is 2. The van der Waals surface area contributed by atoms with Crippen LogP contribution in [0.3, 0.4) is 0 Å². The molecular weight excluding hydrogens is 452 g/mol. The zero-order valence-corrected chi connectivity index (χ0v) is 18.1. The van der Waals surface area contributed by atoms with Crippen LogP contribution in [0.5, 0.6) is 11.5 Å². The second-order valence-corrected chi connectivity index (χ2v) is 8.46. The van der Waals surface area contributed by atoms with Crippen LogP contribution < -0.4 is 14.8 Å². The molecule has 1 saturated heterocycles. The van der Waals surface area contributed by atoms with E-state index in [1.165, 1.54) is 0 Å². The van der Waals surface area contributed by atoms with Gasteiger partial charge in [0.1, 0.15) is 29.7 Å². The highest BCUT2D eigenvalue weighted by Gasteiger charge is 2.54. The lowest BCUT2D eigenvalue weighted by molar-refractivity contribution is -0.133. The maximum atomic E-state index is 13.3. The first-order chi connectivity index (χ1) is 14.4. The first-order valence-electron chi connectivity index (χ1n) is 9.81. The standard InChI is InChI=1S/C22H23BrN2O5/c1-29-18-8-9-19-14(11-18)3-2-10-22(19)20(27)25(21(28)24-22)12-16(26)13-30-17-6-4-15(23)5-7-17/h4-9,11,16,26H,2-3,10,12-13H2,1H3,(H,24,28)/t16-,22+/m0/s1. The molecule has 0 unspecified atom stereocenters. The van der Waals surface area contributed by atoms with Gasteiger partial charge in [-0.25, -0.2) is 4.79 Å². The molecule has 30 heavy (non-hydrogen) atoms. The van der Waals surface area contributed by atoms with Gasteiger partial charge in [-0.2, -0.15) is 0 Å². The molecule has 1 fully saturated rings. The first kappa shape index (κ1) is 20.7. The van der Waals surface area contributed by atoms with Gasteiger partial charge in [0.2, 0.25) is 0 Å². The lowest BCUT2D eigenvalue weighted by Crippen LogP contribution is -2.47. The molecule has 2 aromatic carbocycles. The summed E-state index contributed by atoms with van der Waals surface area (Å²) in [7, 11) is 1.60. The fourth-order valence-electron chi connectivity index (χ4n) is 4.13. The Bertz CT molecular complexity index is 965. The van der Waals surface area contributed by atoms with Gasteiger partial charge in [0.15, 0.2) is 0 Å². The average Bonchev–Trinajstić information content (AvgIpc) is 2.98. The zero-order valence-electron chi connectivity index (χ0n) is 16.6. The van der Waals surface area contributed by atoms with Crippen molar-refractivity contribution in [3.8, 4) is 11.5 Å². The molecule has 158 valence electrons. The molecule has 2 N–H and O–H groups in total. The molecule has 3 amide bonds. The van der Waals surface area contributed by atoms with Gasteiger partial charge < -0.3 is 19.9 Å². The Kier molecular flexibility index (Phi) is 5.71. The molecule has 1 aliphatic heterocycles. The van der Waals surface area contributed by atoms with Crippen LogP contribution in [0.2, 0.25) is 0 Å². The minimum Gasteiger partial charge on any atom is -0.497 e. The number of hydrogen-bond acceptors (Lipinski definition) is 5. The Labute approximate surface area is 183 Å². The number of nitrogens with zero attached hydrogens (tertiary/aromatic N) is 1. The molecular formula is C22H23BrN2O5. The predicted molar refractivity (Wildman–Crippen MR) is 113 cm³/mol. The fraction of sp³-hybridized carbons (Fsp3) is 0.364. The molecule has 8 heteroatoms. The van der Waals surface area contributed by atoms with E-state index in [4.69, 9.17) is 9.47 Å². The number of urea groups is 1. The lowest BCUT2D eigenvalue weighted by atomic mass is 9.76. The number of β-amino-alcohol motifs (C(OH)–C–C–N with tert-alkyl or cyclic N) is 1. The largest absolute Gasteiger partial charge is 0.497 e. The quantitative estimate of drug-likeness (QED) is 0.628. The molecule has 0 saturated carbocycles. The molecule has 0 bridgehead atoms. The number of halogens is 1. The van der Waals surface area contributed by atoms with E-state index in [2.05, 4.69) is 21.2 Å². The number of aliphatic hydroxyl groups excluding tert-OH is 1.